The summed E-state index contributed by atoms with van der Waals surface area (Å²) in [6.07, 6.45) is 2.61. The lowest BCUT2D eigenvalue weighted by molar-refractivity contribution is -0.126. The molecule has 5 heteroatoms. The summed E-state index contributed by atoms with van der Waals surface area (Å²) in [5, 5.41) is 9.01. The molecule has 1 aromatic rings. The molecule has 0 aliphatic rings. The van der Waals surface area contributed by atoms with Gasteiger partial charge in [-0.25, -0.2) is 4.98 Å². The van der Waals surface area contributed by atoms with Gasteiger partial charge in [-0.2, -0.15) is 0 Å². The van der Waals surface area contributed by atoms with Crippen LogP contribution >= 0.6 is 11.3 Å². The predicted molar refractivity (Wildman–Crippen MR) is 71.0 cm³/mol. The van der Waals surface area contributed by atoms with Crippen molar-refractivity contribution in [2.75, 3.05) is 13.6 Å². The molecule has 0 aliphatic carbocycles. The summed E-state index contributed by atoms with van der Waals surface area (Å²) < 4.78 is 0. The number of hydrogen-bond acceptors (Lipinski definition) is 4. The fourth-order valence-electron chi connectivity index (χ4n) is 1.58. The maximum absolute atomic E-state index is 12.0. The van der Waals surface area contributed by atoms with Crippen molar-refractivity contribution >= 4 is 17.2 Å². The fourth-order valence-corrected chi connectivity index (χ4v) is 2.41. The van der Waals surface area contributed by atoms with Crippen LogP contribution in [0, 0.1) is 5.92 Å². The lowest BCUT2D eigenvalue weighted by Gasteiger charge is -2.29. The number of aromatic nitrogens is 1. The van der Waals surface area contributed by atoms with Crippen LogP contribution in [0.1, 0.15) is 32.2 Å². The molecular formula is C12H21N3OS. The SMILES string of the molecule is CCC(C)(NC(=O)C(C)CNC)c1nccs1. The normalized spacial score (nSPS) is 16.2. The highest BCUT2D eigenvalue weighted by molar-refractivity contribution is 7.09. The first-order chi connectivity index (χ1) is 8.03. The molecule has 0 saturated heterocycles. The Hall–Kier alpha value is -0.940. The van der Waals surface area contributed by atoms with Gasteiger partial charge in [0.25, 0.3) is 0 Å². The second kappa shape index (κ2) is 6.12. The number of nitrogens with zero attached hydrogens (tertiary/aromatic N) is 1. The molecule has 2 unspecified atom stereocenters. The highest BCUT2D eigenvalue weighted by Crippen LogP contribution is 2.26. The van der Waals surface area contributed by atoms with Gasteiger partial charge in [0.1, 0.15) is 5.01 Å². The van der Waals surface area contributed by atoms with Gasteiger partial charge in [0.05, 0.1) is 5.54 Å². The van der Waals surface area contributed by atoms with E-state index in [9.17, 15) is 4.79 Å². The monoisotopic (exact) mass is 255 g/mol. The average Bonchev–Trinajstić information content (AvgIpc) is 2.83. The van der Waals surface area contributed by atoms with Crippen molar-refractivity contribution in [2.24, 2.45) is 5.92 Å². The zero-order valence-electron chi connectivity index (χ0n) is 10.9. The second-order valence-electron chi connectivity index (χ2n) is 4.47. The van der Waals surface area contributed by atoms with E-state index in [-0.39, 0.29) is 17.4 Å². The number of nitrogens with one attached hydrogen (secondary N) is 2. The first-order valence-corrected chi connectivity index (χ1v) is 6.78. The van der Waals surface area contributed by atoms with Gasteiger partial charge in [-0.05, 0) is 20.4 Å². The van der Waals surface area contributed by atoms with E-state index in [1.807, 2.05) is 26.3 Å². The van der Waals surface area contributed by atoms with E-state index in [0.717, 1.165) is 11.4 Å². The third-order valence-corrected chi connectivity index (χ3v) is 4.01. The summed E-state index contributed by atoms with van der Waals surface area (Å²) in [7, 11) is 1.85. The van der Waals surface area contributed by atoms with Crippen molar-refractivity contribution in [1.82, 2.24) is 15.6 Å². The molecule has 2 atom stereocenters. The van der Waals surface area contributed by atoms with Crippen LogP contribution < -0.4 is 10.6 Å². The molecule has 0 radical (unpaired) electrons. The molecule has 0 aromatic carbocycles. The Kier molecular flexibility index (Phi) is 5.08. The van der Waals surface area contributed by atoms with Gasteiger partial charge < -0.3 is 10.6 Å². The van der Waals surface area contributed by atoms with E-state index in [0.29, 0.717) is 6.54 Å². The lowest BCUT2D eigenvalue weighted by Crippen LogP contribution is -2.46. The molecule has 2 N–H and O–H groups in total. The Morgan fingerprint density at radius 3 is 2.82 bits per heavy atom. The number of carbonyl (C=O) groups excluding carboxylic acids is 1. The number of carbonyl (C=O) groups is 1. The molecule has 1 rings (SSSR count). The first kappa shape index (κ1) is 14.1. The van der Waals surface area contributed by atoms with Crippen molar-refractivity contribution in [2.45, 2.75) is 32.7 Å². The van der Waals surface area contributed by atoms with Gasteiger partial charge in [-0.15, -0.1) is 11.3 Å². The van der Waals surface area contributed by atoms with Crippen molar-refractivity contribution in [3.05, 3.63) is 16.6 Å². The summed E-state index contributed by atoms with van der Waals surface area (Å²) in [6.45, 7) is 6.69. The molecule has 0 fully saturated rings. The number of thiazole rings is 1. The van der Waals surface area contributed by atoms with Crippen molar-refractivity contribution in [1.29, 1.82) is 0 Å². The van der Waals surface area contributed by atoms with E-state index >= 15 is 0 Å². The largest absolute Gasteiger partial charge is 0.344 e. The van der Waals surface area contributed by atoms with Crippen LogP contribution in [-0.2, 0) is 10.3 Å². The molecule has 1 heterocycles. The van der Waals surface area contributed by atoms with Crippen LogP contribution in [0.3, 0.4) is 0 Å². The Labute approximate surface area is 107 Å². The van der Waals surface area contributed by atoms with Crippen LogP contribution in [0.5, 0.6) is 0 Å². The van der Waals surface area contributed by atoms with Gasteiger partial charge in [0.2, 0.25) is 5.91 Å². The highest BCUT2D eigenvalue weighted by atomic mass is 32.1. The van der Waals surface area contributed by atoms with Crippen LogP contribution in [0.4, 0.5) is 0 Å². The molecule has 1 amide bonds. The molecule has 17 heavy (non-hydrogen) atoms. The number of hydrogen-bond donors (Lipinski definition) is 2. The minimum Gasteiger partial charge on any atom is -0.344 e. The molecule has 0 aliphatic heterocycles. The first-order valence-electron chi connectivity index (χ1n) is 5.90. The molecule has 0 spiro atoms. The molecule has 1 aromatic heterocycles. The smallest absolute Gasteiger partial charge is 0.224 e. The summed E-state index contributed by atoms with van der Waals surface area (Å²) >= 11 is 1.58. The van der Waals surface area contributed by atoms with Crippen LogP contribution in [0.25, 0.3) is 0 Å². The zero-order valence-corrected chi connectivity index (χ0v) is 11.7. The Morgan fingerprint density at radius 1 is 1.65 bits per heavy atom. The Balaban J connectivity index is 2.73. The fraction of sp³-hybridized carbons (Fsp3) is 0.667. The topological polar surface area (TPSA) is 54.0 Å². The van der Waals surface area contributed by atoms with Crippen molar-refractivity contribution in [3.8, 4) is 0 Å². The van der Waals surface area contributed by atoms with Crippen LogP contribution in [-0.4, -0.2) is 24.5 Å². The second-order valence-corrected chi connectivity index (χ2v) is 5.37. The van der Waals surface area contributed by atoms with Gasteiger partial charge in [0, 0.05) is 24.0 Å². The minimum absolute atomic E-state index is 0.0363. The van der Waals surface area contributed by atoms with Crippen LogP contribution in [0.2, 0.25) is 0 Å². The third kappa shape index (κ3) is 3.51. The average molecular weight is 255 g/mol. The minimum atomic E-state index is -0.354. The van der Waals surface area contributed by atoms with E-state index in [1.54, 1.807) is 17.5 Å². The van der Waals surface area contributed by atoms with Gasteiger partial charge in [-0.1, -0.05) is 13.8 Å². The van der Waals surface area contributed by atoms with E-state index in [1.165, 1.54) is 0 Å². The van der Waals surface area contributed by atoms with Gasteiger partial charge >= 0.3 is 0 Å². The lowest BCUT2D eigenvalue weighted by atomic mass is 9.98. The number of rotatable bonds is 6. The summed E-state index contributed by atoms with van der Waals surface area (Å²) in [6, 6.07) is 0. The summed E-state index contributed by atoms with van der Waals surface area (Å²) in [5.41, 5.74) is -0.354. The quantitative estimate of drug-likeness (QED) is 0.814. The maximum Gasteiger partial charge on any atom is 0.224 e. The van der Waals surface area contributed by atoms with Crippen molar-refractivity contribution in [3.63, 3.8) is 0 Å². The molecule has 0 bridgehead atoms. The summed E-state index contributed by atoms with van der Waals surface area (Å²) in [5.74, 6) is 0.0322. The predicted octanol–water partition coefficient (Wildman–Crippen LogP) is 1.74. The zero-order chi connectivity index (χ0) is 12.9. The Morgan fingerprint density at radius 2 is 2.35 bits per heavy atom. The van der Waals surface area contributed by atoms with E-state index in [4.69, 9.17) is 0 Å². The Bertz CT molecular complexity index is 353. The van der Waals surface area contributed by atoms with Gasteiger partial charge in [-0.3, -0.25) is 4.79 Å². The molecule has 0 saturated carbocycles. The molecule has 96 valence electrons. The van der Waals surface area contributed by atoms with Crippen LogP contribution in [0.15, 0.2) is 11.6 Å². The molecular weight excluding hydrogens is 234 g/mol. The molecule has 4 nitrogen and oxygen atoms in total. The van der Waals surface area contributed by atoms with Crippen molar-refractivity contribution < 1.29 is 4.79 Å². The number of amides is 1. The third-order valence-electron chi connectivity index (χ3n) is 2.97. The van der Waals surface area contributed by atoms with E-state index in [2.05, 4.69) is 22.5 Å². The standard InChI is InChI=1S/C12H21N3OS/c1-5-12(3,11-14-6-7-17-11)15-10(16)9(2)8-13-4/h6-7,9,13H,5,8H2,1-4H3,(H,15,16). The van der Waals surface area contributed by atoms with E-state index < -0.39 is 0 Å². The highest BCUT2D eigenvalue weighted by Gasteiger charge is 2.30. The maximum atomic E-state index is 12.0. The van der Waals surface area contributed by atoms with Gasteiger partial charge in [0.15, 0.2) is 0 Å². The summed E-state index contributed by atoms with van der Waals surface area (Å²) in [4.78, 5) is 16.3.